The van der Waals surface area contributed by atoms with Crippen LogP contribution in [0, 0.1) is 6.92 Å². The molecule has 0 aliphatic carbocycles. The summed E-state index contributed by atoms with van der Waals surface area (Å²) in [5.74, 6) is -0.131. The molecule has 2 amide bonds. The van der Waals surface area contributed by atoms with Crippen LogP contribution >= 0.6 is 11.6 Å². The van der Waals surface area contributed by atoms with Crippen LogP contribution in [0.5, 0.6) is 5.75 Å². The van der Waals surface area contributed by atoms with Gasteiger partial charge in [0, 0.05) is 16.3 Å². The predicted octanol–water partition coefficient (Wildman–Crippen LogP) is 5.07. The van der Waals surface area contributed by atoms with Gasteiger partial charge < -0.3 is 15.4 Å². The van der Waals surface area contributed by atoms with E-state index < -0.39 is 5.91 Å². The number of methoxy groups -OCH3 is 1. The van der Waals surface area contributed by atoms with E-state index >= 15 is 0 Å². The summed E-state index contributed by atoms with van der Waals surface area (Å²) < 4.78 is 5.13. The topological polar surface area (TPSA) is 67.4 Å². The maximum absolute atomic E-state index is 12.9. The van der Waals surface area contributed by atoms with Gasteiger partial charge >= 0.3 is 0 Å². The van der Waals surface area contributed by atoms with Crippen LogP contribution in [-0.4, -0.2) is 18.9 Å². The molecule has 0 aromatic heterocycles. The highest BCUT2D eigenvalue weighted by Gasteiger charge is 2.16. The molecule has 0 radical (unpaired) electrons. The average molecular weight is 421 g/mol. The Labute approximate surface area is 180 Å². The Bertz CT molecular complexity index is 1070. The summed E-state index contributed by atoms with van der Waals surface area (Å²) in [7, 11) is 1.57. The summed E-state index contributed by atoms with van der Waals surface area (Å²) in [6.07, 6.45) is 1.60. The van der Waals surface area contributed by atoms with Crippen molar-refractivity contribution in [3.8, 4) is 5.75 Å². The molecule has 3 aromatic rings. The highest BCUT2D eigenvalue weighted by molar-refractivity contribution is 6.30. The second-order valence-corrected chi connectivity index (χ2v) is 7.00. The van der Waals surface area contributed by atoms with E-state index in [1.54, 1.807) is 73.8 Å². The highest BCUT2D eigenvalue weighted by Crippen LogP contribution is 2.17. The number of aryl methyl sites for hydroxylation is 1. The first kappa shape index (κ1) is 21.1. The van der Waals surface area contributed by atoms with Crippen LogP contribution in [0.1, 0.15) is 21.5 Å². The second kappa shape index (κ2) is 9.76. The normalized spacial score (nSPS) is 11.0. The molecule has 2 N–H and O–H groups in total. The summed E-state index contributed by atoms with van der Waals surface area (Å²) in [5.41, 5.74) is 2.73. The van der Waals surface area contributed by atoms with Crippen LogP contribution in [0.15, 0.2) is 78.5 Å². The number of carbonyl (C=O) groups excluding carboxylic acids is 2. The number of rotatable bonds is 6. The predicted molar refractivity (Wildman–Crippen MR) is 120 cm³/mol. The number of amides is 2. The number of nitrogens with one attached hydrogen (secondary N) is 2. The van der Waals surface area contributed by atoms with Gasteiger partial charge in [-0.3, -0.25) is 9.59 Å². The summed E-state index contributed by atoms with van der Waals surface area (Å²) in [6, 6.07) is 21.1. The van der Waals surface area contributed by atoms with Crippen LogP contribution in [0.2, 0.25) is 5.02 Å². The maximum atomic E-state index is 12.9. The van der Waals surface area contributed by atoms with Crippen LogP contribution in [0.4, 0.5) is 5.69 Å². The van der Waals surface area contributed by atoms with Crippen LogP contribution < -0.4 is 15.4 Å². The molecular formula is C24H21ClN2O3. The first-order valence-electron chi connectivity index (χ1n) is 9.26. The van der Waals surface area contributed by atoms with Crippen molar-refractivity contribution in [3.63, 3.8) is 0 Å². The number of benzene rings is 3. The molecular weight excluding hydrogens is 400 g/mol. The number of carbonyl (C=O) groups is 2. The fraction of sp³-hybridized carbons (Fsp3) is 0.0833. The molecule has 0 saturated heterocycles. The van der Waals surface area contributed by atoms with E-state index in [9.17, 15) is 9.59 Å². The molecule has 0 saturated carbocycles. The minimum atomic E-state index is -0.447. The lowest BCUT2D eigenvalue weighted by atomic mass is 10.1. The fourth-order valence-electron chi connectivity index (χ4n) is 2.77. The molecule has 0 unspecified atom stereocenters. The van der Waals surface area contributed by atoms with Gasteiger partial charge in [-0.2, -0.15) is 0 Å². The van der Waals surface area contributed by atoms with E-state index in [4.69, 9.17) is 16.3 Å². The van der Waals surface area contributed by atoms with Gasteiger partial charge in [0.05, 0.1) is 7.11 Å². The molecule has 0 bridgehead atoms. The van der Waals surface area contributed by atoms with Crippen molar-refractivity contribution < 1.29 is 14.3 Å². The van der Waals surface area contributed by atoms with Gasteiger partial charge in [0.25, 0.3) is 11.8 Å². The standard InChI is InChI=1S/C24H21ClN2O3/c1-16-5-3-4-6-21(16)23(28)27-22(15-17-7-9-18(25)10-8-17)24(29)26-19-11-13-20(30-2)14-12-19/h3-15H,1-2H3,(H,26,29)(H,27,28)/b22-15+. The van der Waals surface area contributed by atoms with Crippen LogP contribution in [-0.2, 0) is 4.79 Å². The smallest absolute Gasteiger partial charge is 0.272 e. The van der Waals surface area contributed by atoms with Crippen LogP contribution in [0.25, 0.3) is 6.08 Å². The number of anilines is 1. The maximum Gasteiger partial charge on any atom is 0.272 e. The third kappa shape index (κ3) is 5.49. The molecule has 3 aromatic carbocycles. The molecule has 6 heteroatoms. The Kier molecular flexibility index (Phi) is 6.88. The van der Waals surface area contributed by atoms with Gasteiger partial charge in [0.1, 0.15) is 11.4 Å². The summed E-state index contributed by atoms with van der Waals surface area (Å²) in [6.45, 7) is 1.84. The Hall–Kier alpha value is -3.57. The zero-order valence-electron chi connectivity index (χ0n) is 16.6. The van der Waals surface area contributed by atoms with E-state index in [-0.39, 0.29) is 11.6 Å². The van der Waals surface area contributed by atoms with Gasteiger partial charge in [-0.15, -0.1) is 0 Å². The summed E-state index contributed by atoms with van der Waals surface area (Å²) >= 11 is 5.94. The Morgan fingerprint density at radius 1 is 0.933 bits per heavy atom. The fourth-order valence-corrected chi connectivity index (χ4v) is 2.90. The van der Waals surface area contributed by atoms with E-state index in [1.165, 1.54) is 0 Å². The van der Waals surface area contributed by atoms with Crippen molar-refractivity contribution in [2.75, 3.05) is 12.4 Å². The third-order valence-electron chi connectivity index (χ3n) is 4.41. The lowest BCUT2D eigenvalue weighted by molar-refractivity contribution is -0.113. The average Bonchev–Trinajstić information content (AvgIpc) is 2.75. The molecule has 0 aliphatic rings. The van der Waals surface area contributed by atoms with Gasteiger partial charge in [-0.25, -0.2) is 0 Å². The molecule has 0 aliphatic heterocycles. The lowest BCUT2D eigenvalue weighted by Crippen LogP contribution is -2.31. The first-order valence-corrected chi connectivity index (χ1v) is 9.64. The van der Waals surface area contributed by atoms with Gasteiger partial charge in [0.15, 0.2) is 0 Å². The van der Waals surface area contributed by atoms with Gasteiger partial charge in [-0.05, 0) is 66.6 Å². The molecule has 3 rings (SSSR count). The molecule has 0 spiro atoms. The largest absolute Gasteiger partial charge is 0.497 e. The number of hydrogen-bond donors (Lipinski definition) is 2. The van der Waals surface area contributed by atoms with Crippen LogP contribution in [0.3, 0.4) is 0 Å². The van der Waals surface area contributed by atoms with E-state index in [0.29, 0.717) is 22.0 Å². The molecule has 30 heavy (non-hydrogen) atoms. The van der Waals surface area contributed by atoms with Crippen molar-refractivity contribution in [2.45, 2.75) is 6.92 Å². The summed E-state index contributed by atoms with van der Waals surface area (Å²) in [4.78, 5) is 25.7. The minimum absolute atomic E-state index is 0.112. The van der Waals surface area contributed by atoms with Crippen molar-refractivity contribution in [1.82, 2.24) is 5.32 Å². The molecule has 0 heterocycles. The molecule has 0 atom stereocenters. The Morgan fingerprint density at radius 3 is 2.23 bits per heavy atom. The van der Waals surface area contributed by atoms with E-state index in [2.05, 4.69) is 10.6 Å². The third-order valence-corrected chi connectivity index (χ3v) is 4.66. The summed E-state index contributed by atoms with van der Waals surface area (Å²) in [5, 5.41) is 6.11. The minimum Gasteiger partial charge on any atom is -0.497 e. The van der Waals surface area contributed by atoms with Crippen molar-refractivity contribution >= 4 is 35.2 Å². The Balaban J connectivity index is 1.88. The second-order valence-electron chi connectivity index (χ2n) is 6.56. The zero-order chi connectivity index (χ0) is 21.5. The lowest BCUT2D eigenvalue weighted by Gasteiger charge is -2.13. The quantitative estimate of drug-likeness (QED) is 0.547. The van der Waals surface area contributed by atoms with E-state index in [0.717, 1.165) is 11.1 Å². The molecule has 152 valence electrons. The first-order chi connectivity index (χ1) is 14.5. The van der Waals surface area contributed by atoms with Crippen molar-refractivity contribution in [2.24, 2.45) is 0 Å². The monoisotopic (exact) mass is 420 g/mol. The number of halogens is 1. The zero-order valence-corrected chi connectivity index (χ0v) is 17.4. The van der Waals surface area contributed by atoms with Gasteiger partial charge in [-0.1, -0.05) is 41.9 Å². The molecule has 5 nitrogen and oxygen atoms in total. The SMILES string of the molecule is COc1ccc(NC(=O)/C(=C\c2ccc(Cl)cc2)NC(=O)c2ccccc2C)cc1. The van der Waals surface area contributed by atoms with Gasteiger partial charge in [0.2, 0.25) is 0 Å². The van der Waals surface area contributed by atoms with Crippen molar-refractivity contribution in [3.05, 3.63) is 100 Å². The van der Waals surface area contributed by atoms with Crippen molar-refractivity contribution in [1.29, 1.82) is 0 Å². The highest BCUT2D eigenvalue weighted by atomic mass is 35.5. The molecule has 0 fully saturated rings. The Morgan fingerprint density at radius 2 is 1.60 bits per heavy atom. The van der Waals surface area contributed by atoms with E-state index in [1.807, 2.05) is 19.1 Å². The number of ether oxygens (including phenoxy) is 1. The number of hydrogen-bond acceptors (Lipinski definition) is 3.